The van der Waals surface area contributed by atoms with Gasteiger partial charge in [-0.25, -0.2) is 4.39 Å². The molecule has 6 heteroatoms. The van der Waals surface area contributed by atoms with Gasteiger partial charge in [-0.1, -0.05) is 72.6 Å². The lowest BCUT2D eigenvalue weighted by atomic mass is 9.64. The highest BCUT2D eigenvalue weighted by Gasteiger charge is 2.57. The molecule has 1 fully saturated rings. The maximum Gasteiger partial charge on any atom is 0.167 e. The summed E-state index contributed by atoms with van der Waals surface area (Å²) in [5.41, 5.74) is 5.06. The number of halogens is 2. The van der Waals surface area contributed by atoms with E-state index in [1.54, 1.807) is 12.1 Å². The number of Topliss-reactive ketones (excluding diaryl/α,β-unsaturated/α-hetero) is 1. The van der Waals surface area contributed by atoms with Gasteiger partial charge in [0.1, 0.15) is 5.82 Å². The molecule has 1 heterocycles. The van der Waals surface area contributed by atoms with Crippen LogP contribution < -0.4 is 0 Å². The number of carbonyl (C=O) groups excluding carboxylic acids is 1. The Morgan fingerprint density at radius 1 is 1.04 bits per heavy atom. The summed E-state index contributed by atoms with van der Waals surface area (Å²) >= 11 is 6.36. The zero-order valence-electron chi connectivity index (χ0n) is 26.5. The van der Waals surface area contributed by atoms with Crippen LogP contribution in [0.2, 0.25) is 5.02 Å². The average molecular weight is 630 g/mol. The van der Waals surface area contributed by atoms with Crippen LogP contribution in [0.1, 0.15) is 96.5 Å². The Morgan fingerprint density at radius 3 is 2.64 bits per heavy atom. The molecule has 7 rings (SSSR count). The highest BCUT2D eigenvalue weighted by Crippen LogP contribution is 2.59. The van der Waals surface area contributed by atoms with Crippen LogP contribution in [0.15, 0.2) is 72.3 Å². The molecule has 0 radical (unpaired) electrons. The van der Waals surface area contributed by atoms with Crippen molar-refractivity contribution in [2.45, 2.75) is 95.8 Å². The standard InChI is InChI=1S/C39H45ClFNO3/c1-26-7-6-18-38(2)34(16-19-39(38,45)25-42-20-17-28-8-3-4-9-29(28)24-42)31-15-13-27(21-30(43)14-12-26)22-32(31)37(44)23-33-35(40)10-5-11-36(33)41/h3-5,7-11,13,15,22,30,34,43,45H,6,12,14,16-21,23-25H2,1-2H3. The topological polar surface area (TPSA) is 60.8 Å². The SMILES string of the molecule is CC1=CCCC2(C)C(CCC2(O)CN2CCc3ccccc3C2)c2ccc(cc2C(=O)Cc2c(F)cccc2Cl)CC(O)CC1. The summed E-state index contributed by atoms with van der Waals surface area (Å²) < 4.78 is 14.8. The highest BCUT2D eigenvalue weighted by molar-refractivity contribution is 6.31. The van der Waals surface area contributed by atoms with Gasteiger partial charge in [-0.3, -0.25) is 9.69 Å². The van der Waals surface area contributed by atoms with E-state index < -0.39 is 22.9 Å². The Hall–Kier alpha value is -2.83. The summed E-state index contributed by atoms with van der Waals surface area (Å²) in [5.74, 6) is -0.747. The molecule has 0 amide bonds. The first-order valence-electron chi connectivity index (χ1n) is 16.5. The van der Waals surface area contributed by atoms with E-state index in [1.807, 2.05) is 18.2 Å². The summed E-state index contributed by atoms with van der Waals surface area (Å²) in [6.07, 6.45) is 7.42. The maximum absolute atomic E-state index is 14.8. The number of hydrogen-bond donors (Lipinski definition) is 2. The van der Waals surface area contributed by atoms with E-state index in [1.165, 1.54) is 22.8 Å². The summed E-state index contributed by atoms with van der Waals surface area (Å²) in [7, 11) is 0. The van der Waals surface area contributed by atoms with Crippen molar-refractivity contribution in [3.05, 3.63) is 117 Å². The van der Waals surface area contributed by atoms with Crippen LogP contribution in [0, 0.1) is 11.2 Å². The van der Waals surface area contributed by atoms with Crippen molar-refractivity contribution in [2.24, 2.45) is 5.41 Å². The molecule has 45 heavy (non-hydrogen) atoms. The third-order valence-corrected chi connectivity index (χ3v) is 11.4. The Balaban J connectivity index is 1.39. The van der Waals surface area contributed by atoms with Crippen LogP contribution in [0.3, 0.4) is 0 Å². The van der Waals surface area contributed by atoms with Crippen molar-refractivity contribution >= 4 is 17.4 Å². The Bertz CT molecular complexity index is 1580. The lowest BCUT2D eigenvalue weighted by Gasteiger charge is -2.47. The molecule has 3 aromatic carbocycles. The van der Waals surface area contributed by atoms with Gasteiger partial charge in [0, 0.05) is 47.6 Å². The number of aliphatic hydroxyl groups excluding tert-OH is 1. The zero-order chi connectivity index (χ0) is 31.8. The van der Waals surface area contributed by atoms with Gasteiger partial charge in [0.25, 0.3) is 0 Å². The zero-order valence-corrected chi connectivity index (χ0v) is 27.3. The van der Waals surface area contributed by atoms with Crippen molar-refractivity contribution in [3.8, 4) is 0 Å². The second-order valence-corrected chi connectivity index (χ2v) is 14.4. The molecule has 0 spiro atoms. The average Bonchev–Trinajstić information content (AvgIpc) is 3.26. The number of fused-ring (bicyclic) bond motifs is 9. The number of rotatable bonds is 5. The number of hydrogen-bond acceptors (Lipinski definition) is 4. The molecule has 3 aliphatic carbocycles. The second-order valence-electron chi connectivity index (χ2n) is 14.0. The molecule has 2 bridgehead atoms. The minimum absolute atomic E-state index is 0.0646. The largest absolute Gasteiger partial charge is 0.393 e. The molecule has 1 saturated carbocycles. The first-order chi connectivity index (χ1) is 21.6. The molecule has 0 saturated heterocycles. The van der Waals surface area contributed by atoms with Gasteiger partial charge < -0.3 is 10.2 Å². The quantitative estimate of drug-likeness (QED) is 0.222. The summed E-state index contributed by atoms with van der Waals surface area (Å²) in [5, 5.41) is 23.8. The molecule has 2 N–H and O–H groups in total. The first kappa shape index (κ1) is 32.1. The molecule has 4 aliphatic rings. The molecule has 4 unspecified atom stereocenters. The third kappa shape index (κ3) is 6.55. The summed E-state index contributed by atoms with van der Waals surface area (Å²) in [4.78, 5) is 16.5. The normalized spacial score (nSPS) is 27.4. The van der Waals surface area contributed by atoms with E-state index in [0.717, 1.165) is 56.3 Å². The van der Waals surface area contributed by atoms with Gasteiger partial charge in [-0.15, -0.1) is 0 Å². The van der Waals surface area contributed by atoms with Crippen LogP contribution in [0.5, 0.6) is 0 Å². The van der Waals surface area contributed by atoms with Crippen LogP contribution >= 0.6 is 11.6 Å². The van der Waals surface area contributed by atoms with Crippen LogP contribution in [0.25, 0.3) is 0 Å². The number of nitrogens with zero attached hydrogens (tertiary/aromatic N) is 1. The minimum Gasteiger partial charge on any atom is -0.393 e. The maximum atomic E-state index is 14.8. The van der Waals surface area contributed by atoms with Gasteiger partial charge in [0.15, 0.2) is 5.78 Å². The van der Waals surface area contributed by atoms with E-state index in [0.29, 0.717) is 31.4 Å². The molecular weight excluding hydrogens is 585 g/mol. The van der Waals surface area contributed by atoms with E-state index in [9.17, 15) is 19.4 Å². The van der Waals surface area contributed by atoms with Crippen molar-refractivity contribution in [2.75, 3.05) is 13.1 Å². The number of allylic oxidation sites excluding steroid dienone is 2. The smallest absolute Gasteiger partial charge is 0.167 e. The number of ketones is 1. The highest BCUT2D eigenvalue weighted by atomic mass is 35.5. The minimum atomic E-state index is -0.952. The molecule has 4 atom stereocenters. The molecule has 1 aliphatic heterocycles. The summed E-state index contributed by atoms with van der Waals surface area (Å²) in [6, 6.07) is 19.1. The van der Waals surface area contributed by atoms with Crippen molar-refractivity contribution in [1.82, 2.24) is 4.90 Å². The number of benzene rings is 3. The Kier molecular flexibility index (Phi) is 9.36. The van der Waals surface area contributed by atoms with Gasteiger partial charge in [-0.05, 0) is 105 Å². The molecule has 4 nitrogen and oxygen atoms in total. The lowest BCUT2D eigenvalue weighted by molar-refractivity contribution is -0.0856. The van der Waals surface area contributed by atoms with Crippen molar-refractivity contribution < 1.29 is 19.4 Å². The van der Waals surface area contributed by atoms with Gasteiger partial charge >= 0.3 is 0 Å². The fourth-order valence-corrected chi connectivity index (χ4v) is 8.49. The Morgan fingerprint density at radius 2 is 1.84 bits per heavy atom. The molecule has 0 aromatic heterocycles. The van der Waals surface area contributed by atoms with Gasteiger partial charge in [0.05, 0.1) is 11.7 Å². The Labute approximate surface area is 271 Å². The fourth-order valence-electron chi connectivity index (χ4n) is 8.26. The summed E-state index contributed by atoms with van der Waals surface area (Å²) in [6.45, 7) is 6.65. The van der Waals surface area contributed by atoms with Gasteiger partial charge in [-0.2, -0.15) is 0 Å². The van der Waals surface area contributed by atoms with Crippen molar-refractivity contribution in [3.63, 3.8) is 0 Å². The second kappa shape index (κ2) is 13.1. The number of carbonyl (C=O) groups is 1. The van der Waals surface area contributed by atoms with Crippen LogP contribution in [-0.4, -0.2) is 45.7 Å². The first-order valence-corrected chi connectivity index (χ1v) is 16.9. The van der Waals surface area contributed by atoms with Crippen molar-refractivity contribution in [1.29, 1.82) is 0 Å². The lowest BCUT2D eigenvalue weighted by Crippen LogP contribution is -2.53. The van der Waals surface area contributed by atoms with E-state index >= 15 is 0 Å². The van der Waals surface area contributed by atoms with E-state index in [4.69, 9.17) is 11.6 Å². The van der Waals surface area contributed by atoms with E-state index in [-0.39, 0.29) is 28.7 Å². The molecule has 238 valence electrons. The number of β-amino-alcohol motifs (C(OH)–C–C–N with tert-alkyl or cyclic N) is 1. The number of aliphatic hydroxyl groups is 2. The molecule has 3 aromatic rings. The third-order valence-electron chi connectivity index (χ3n) is 11.1. The predicted molar refractivity (Wildman–Crippen MR) is 178 cm³/mol. The monoisotopic (exact) mass is 629 g/mol. The van der Waals surface area contributed by atoms with Gasteiger partial charge in [0.2, 0.25) is 0 Å². The fraction of sp³-hybridized carbons (Fsp3) is 0.462. The van der Waals surface area contributed by atoms with Crippen LogP contribution in [0.4, 0.5) is 4.39 Å². The predicted octanol–water partition coefficient (Wildman–Crippen LogP) is 8.00. The van der Waals surface area contributed by atoms with E-state index in [2.05, 4.69) is 49.1 Å². The molecular formula is C39H45ClFNO3. The van der Waals surface area contributed by atoms with Crippen LogP contribution in [-0.2, 0) is 25.8 Å².